The Morgan fingerprint density at radius 2 is 2.14 bits per heavy atom. The molecule has 0 saturated heterocycles. The normalized spacial score (nSPS) is 10.6. The van der Waals surface area contributed by atoms with E-state index >= 15 is 0 Å². The number of furan rings is 1. The molecule has 2 aromatic heterocycles. The fraction of sp³-hybridized carbons (Fsp3) is 0.0714. The molecule has 0 spiro atoms. The second kappa shape index (κ2) is 6.48. The Morgan fingerprint density at radius 3 is 2.86 bits per heavy atom. The number of carbonyl (C=O) groups excluding carboxylic acids is 1. The molecule has 0 aliphatic rings. The number of rotatable bonds is 4. The van der Waals surface area contributed by atoms with Crippen LogP contribution in [0, 0.1) is 0 Å². The first-order valence-electron chi connectivity index (χ1n) is 6.23. The van der Waals surface area contributed by atoms with Crippen molar-refractivity contribution in [3.05, 3.63) is 63.0 Å². The van der Waals surface area contributed by atoms with E-state index in [0.29, 0.717) is 21.6 Å². The summed E-state index contributed by atoms with van der Waals surface area (Å²) in [6.07, 6.45) is 1.95. The average Bonchev–Trinajstić information content (AvgIpc) is 3.13. The molecule has 0 bridgehead atoms. The first-order chi connectivity index (χ1) is 10.6. The van der Waals surface area contributed by atoms with Crippen molar-refractivity contribution in [1.82, 2.24) is 10.2 Å². The number of benzene rings is 1. The van der Waals surface area contributed by atoms with Crippen molar-refractivity contribution in [2.24, 2.45) is 0 Å². The highest BCUT2D eigenvalue weighted by Gasteiger charge is 2.13. The predicted molar refractivity (Wildman–Crippen MR) is 85.8 cm³/mol. The molecule has 8 heteroatoms. The van der Waals surface area contributed by atoms with Crippen LogP contribution in [0.1, 0.15) is 21.1 Å². The van der Waals surface area contributed by atoms with Crippen molar-refractivity contribution in [1.29, 1.82) is 0 Å². The fourth-order valence-electron chi connectivity index (χ4n) is 1.77. The highest BCUT2D eigenvalue weighted by molar-refractivity contribution is 7.15. The van der Waals surface area contributed by atoms with Crippen molar-refractivity contribution in [3.8, 4) is 0 Å². The van der Waals surface area contributed by atoms with Crippen molar-refractivity contribution in [3.63, 3.8) is 0 Å². The van der Waals surface area contributed by atoms with Crippen LogP contribution in [0.15, 0.2) is 41.0 Å². The van der Waals surface area contributed by atoms with Crippen LogP contribution in [-0.4, -0.2) is 16.1 Å². The Morgan fingerprint density at radius 1 is 1.27 bits per heavy atom. The molecule has 112 valence electrons. The molecule has 0 unspecified atom stereocenters. The number of nitrogens with one attached hydrogen (secondary N) is 1. The van der Waals surface area contributed by atoms with Gasteiger partial charge in [-0.25, -0.2) is 0 Å². The van der Waals surface area contributed by atoms with Crippen LogP contribution >= 0.6 is 34.5 Å². The van der Waals surface area contributed by atoms with E-state index in [2.05, 4.69) is 15.5 Å². The SMILES string of the molecule is O=C(Nc1nnc(Cc2ccc(Cl)cc2Cl)s1)c1ccco1. The largest absolute Gasteiger partial charge is 0.459 e. The Kier molecular flexibility index (Phi) is 4.42. The summed E-state index contributed by atoms with van der Waals surface area (Å²) in [5.74, 6) is -0.144. The zero-order valence-corrected chi connectivity index (χ0v) is 13.4. The summed E-state index contributed by atoms with van der Waals surface area (Å²) in [6, 6.07) is 8.50. The van der Waals surface area contributed by atoms with Gasteiger partial charge in [-0.05, 0) is 29.8 Å². The third-order valence-electron chi connectivity index (χ3n) is 2.79. The quantitative estimate of drug-likeness (QED) is 0.759. The van der Waals surface area contributed by atoms with Gasteiger partial charge in [-0.2, -0.15) is 0 Å². The Labute approximate surface area is 139 Å². The standard InChI is InChI=1S/C14H9Cl2N3O2S/c15-9-4-3-8(10(16)7-9)6-12-18-19-14(22-12)17-13(20)11-2-1-5-21-11/h1-5,7H,6H2,(H,17,19,20). The van der Waals surface area contributed by atoms with E-state index in [4.69, 9.17) is 27.6 Å². The van der Waals surface area contributed by atoms with E-state index in [-0.39, 0.29) is 11.7 Å². The van der Waals surface area contributed by atoms with E-state index in [9.17, 15) is 4.79 Å². The number of hydrogen-bond donors (Lipinski definition) is 1. The highest BCUT2D eigenvalue weighted by Crippen LogP contribution is 2.25. The molecule has 3 rings (SSSR count). The lowest BCUT2D eigenvalue weighted by atomic mass is 10.2. The van der Waals surface area contributed by atoms with Gasteiger partial charge in [-0.1, -0.05) is 40.6 Å². The smallest absolute Gasteiger partial charge is 0.293 e. The molecule has 1 aromatic carbocycles. The van der Waals surface area contributed by atoms with Gasteiger partial charge in [-0.15, -0.1) is 10.2 Å². The number of amides is 1. The molecule has 3 aromatic rings. The van der Waals surface area contributed by atoms with E-state index < -0.39 is 0 Å². The van der Waals surface area contributed by atoms with Crippen LogP contribution in [0.3, 0.4) is 0 Å². The predicted octanol–water partition coefficient (Wildman–Crippen LogP) is 4.28. The van der Waals surface area contributed by atoms with Gasteiger partial charge in [0.15, 0.2) is 5.76 Å². The average molecular weight is 354 g/mol. The molecule has 0 aliphatic heterocycles. The summed E-state index contributed by atoms with van der Waals surface area (Å²) in [5, 5.41) is 12.9. The molecule has 0 saturated carbocycles. The van der Waals surface area contributed by atoms with Crippen LogP contribution in [-0.2, 0) is 6.42 Å². The monoisotopic (exact) mass is 353 g/mol. The zero-order valence-electron chi connectivity index (χ0n) is 11.0. The van der Waals surface area contributed by atoms with Crippen molar-refractivity contribution < 1.29 is 9.21 Å². The molecule has 2 heterocycles. The summed E-state index contributed by atoms with van der Waals surface area (Å²) in [5.41, 5.74) is 0.895. The Hall–Kier alpha value is -1.89. The number of aromatic nitrogens is 2. The lowest BCUT2D eigenvalue weighted by Gasteiger charge is -2.01. The summed E-state index contributed by atoms with van der Waals surface area (Å²) in [4.78, 5) is 11.8. The zero-order chi connectivity index (χ0) is 15.5. The Balaban J connectivity index is 1.70. The molecule has 1 N–H and O–H groups in total. The van der Waals surface area contributed by atoms with E-state index in [0.717, 1.165) is 10.6 Å². The third-order valence-corrected chi connectivity index (χ3v) is 4.21. The summed E-state index contributed by atoms with van der Waals surface area (Å²) in [6.45, 7) is 0. The number of carbonyl (C=O) groups is 1. The van der Waals surface area contributed by atoms with Crippen LogP contribution in [0.25, 0.3) is 0 Å². The lowest BCUT2D eigenvalue weighted by Crippen LogP contribution is -2.10. The molecule has 0 atom stereocenters. The van der Waals surface area contributed by atoms with Gasteiger partial charge in [0.05, 0.1) is 6.26 Å². The van der Waals surface area contributed by atoms with Crippen LogP contribution in [0.2, 0.25) is 10.0 Å². The van der Waals surface area contributed by atoms with Gasteiger partial charge in [0, 0.05) is 16.5 Å². The molecule has 1 amide bonds. The van der Waals surface area contributed by atoms with Gasteiger partial charge in [-0.3, -0.25) is 10.1 Å². The molecule has 22 heavy (non-hydrogen) atoms. The molecular formula is C14H9Cl2N3O2S. The van der Waals surface area contributed by atoms with Crippen molar-refractivity contribution in [2.45, 2.75) is 6.42 Å². The van der Waals surface area contributed by atoms with Gasteiger partial charge in [0.1, 0.15) is 5.01 Å². The second-order valence-corrected chi connectivity index (χ2v) is 6.25. The second-order valence-electron chi connectivity index (χ2n) is 4.34. The first kappa shape index (κ1) is 15.0. The molecule has 0 fully saturated rings. The minimum Gasteiger partial charge on any atom is -0.459 e. The minimum absolute atomic E-state index is 0.220. The number of anilines is 1. The number of halogens is 2. The van der Waals surface area contributed by atoms with Crippen LogP contribution < -0.4 is 5.32 Å². The molecule has 0 radical (unpaired) electrons. The van der Waals surface area contributed by atoms with E-state index in [1.807, 2.05) is 6.07 Å². The molecular weight excluding hydrogens is 345 g/mol. The van der Waals surface area contributed by atoms with Crippen molar-refractivity contribution >= 4 is 45.6 Å². The third kappa shape index (κ3) is 3.47. The van der Waals surface area contributed by atoms with Crippen LogP contribution in [0.4, 0.5) is 5.13 Å². The summed E-state index contributed by atoms with van der Waals surface area (Å²) >= 11 is 13.3. The van der Waals surface area contributed by atoms with E-state index in [1.54, 1.807) is 24.3 Å². The maximum atomic E-state index is 11.8. The summed E-state index contributed by atoms with van der Waals surface area (Å²) in [7, 11) is 0. The first-order valence-corrected chi connectivity index (χ1v) is 7.80. The fourth-order valence-corrected chi connectivity index (χ4v) is 3.00. The van der Waals surface area contributed by atoms with Crippen LogP contribution in [0.5, 0.6) is 0 Å². The maximum absolute atomic E-state index is 11.8. The maximum Gasteiger partial charge on any atom is 0.293 e. The molecule has 0 aliphatic carbocycles. The summed E-state index contributed by atoms with van der Waals surface area (Å²) < 4.78 is 5.01. The van der Waals surface area contributed by atoms with Gasteiger partial charge in [0.25, 0.3) is 5.91 Å². The van der Waals surface area contributed by atoms with Crippen molar-refractivity contribution in [2.75, 3.05) is 5.32 Å². The van der Waals surface area contributed by atoms with E-state index in [1.165, 1.54) is 17.6 Å². The van der Waals surface area contributed by atoms with Gasteiger partial charge in [0.2, 0.25) is 5.13 Å². The van der Waals surface area contributed by atoms with Gasteiger partial charge < -0.3 is 4.42 Å². The number of hydrogen-bond acceptors (Lipinski definition) is 5. The number of nitrogens with zero attached hydrogens (tertiary/aromatic N) is 2. The van der Waals surface area contributed by atoms with Gasteiger partial charge >= 0.3 is 0 Å². The lowest BCUT2D eigenvalue weighted by molar-refractivity contribution is 0.0996. The molecule has 5 nitrogen and oxygen atoms in total. The minimum atomic E-state index is -0.364. The highest BCUT2D eigenvalue weighted by atomic mass is 35.5. The topological polar surface area (TPSA) is 68.0 Å². The Bertz CT molecular complexity index is 802.